The van der Waals surface area contributed by atoms with Gasteiger partial charge < -0.3 is 0 Å². The van der Waals surface area contributed by atoms with Crippen molar-refractivity contribution in [3.8, 4) is 0 Å². The molecule has 2 aromatic carbocycles. The smallest absolute Gasteiger partial charge is 0.238 e. The molecule has 3 aliphatic rings. The van der Waals surface area contributed by atoms with Crippen LogP contribution in [0.5, 0.6) is 0 Å². The highest BCUT2D eigenvalue weighted by molar-refractivity contribution is 6.23. The molecule has 2 aliphatic carbocycles. The van der Waals surface area contributed by atoms with Crippen LogP contribution in [-0.4, -0.2) is 11.8 Å². The van der Waals surface area contributed by atoms with E-state index in [9.17, 15) is 9.59 Å². The van der Waals surface area contributed by atoms with E-state index < -0.39 is 0 Å². The number of benzene rings is 2. The van der Waals surface area contributed by atoms with E-state index >= 15 is 0 Å². The highest BCUT2D eigenvalue weighted by Gasteiger charge is 2.62. The maximum absolute atomic E-state index is 13.1. The monoisotopic (exact) mass is 341 g/mol. The number of amides is 2. The first-order valence-corrected chi connectivity index (χ1v) is 9.06. The second kappa shape index (κ2) is 5.53. The topological polar surface area (TPSA) is 37.4 Å². The third kappa shape index (κ3) is 1.94. The molecule has 0 N–H and O–H groups in total. The first-order valence-electron chi connectivity index (χ1n) is 9.06. The molecule has 2 bridgehead atoms. The van der Waals surface area contributed by atoms with E-state index in [1.807, 2.05) is 48.5 Å². The molecule has 0 aromatic heterocycles. The van der Waals surface area contributed by atoms with E-state index in [0.29, 0.717) is 5.69 Å². The zero-order valence-electron chi connectivity index (χ0n) is 14.5. The number of hydrogen-bond donors (Lipinski definition) is 0. The molecule has 3 nitrogen and oxygen atoms in total. The first-order chi connectivity index (χ1) is 12.7. The van der Waals surface area contributed by atoms with Crippen LogP contribution in [0.3, 0.4) is 0 Å². The van der Waals surface area contributed by atoms with Crippen molar-refractivity contribution >= 4 is 23.1 Å². The number of nitrogens with zero attached hydrogens (tertiary/aromatic N) is 1. The maximum atomic E-state index is 13.1. The van der Waals surface area contributed by atoms with Crippen molar-refractivity contribution in [2.75, 3.05) is 4.90 Å². The predicted octanol–water partition coefficient (Wildman–Crippen LogP) is 4.08. The largest absolute Gasteiger partial charge is 0.274 e. The lowest BCUT2D eigenvalue weighted by molar-refractivity contribution is -0.122. The molecule has 1 aliphatic heterocycles. The molecule has 0 unspecified atom stereocenters. The van der Waals surface area contributed by atoms with Crippen molar-refractivity contribution in [1.82, 2.24) is 0 Å². The molecule has 1 saturated carbocycles. The minimum atomic E-state index is -0.258. The lowest BCUT2D eigenvalue weighted by atomic mass is 9.85. The molecule has 2 fully saturated rings. The summed E-state index contributed by atoms with van der Waals surface area (Å²) in [6, 6.07) is 19.5. The number of allylic oxidation sites excluding steroid dienone is 4. The minimum absolute atomic E-state index is 0.0374. The molecule has 2 amide bonds. The summed E-state index contributed by atoms with van der Waals surface area (Å²) in [5.41, 5.74) is 4.30. The Kier molecular flexibility index (Phi) is 3.26. The molecule has 4 atom stereocenters. The molecular formula is C23H19NO2. The van der Waals surface area contributed by atoms with E-state index in [4.69, 9.17) is 0 Å². The van der Waals surface area contributed by atoms with Crippen LogP contribution >= 0.6 is 0 Å². The lowest BCUT2D eigenvalue weighted by Crippen LogP contribution is -2.33. The van der Waals surface area contributed by atoms with Crippen LogP contribution in [0, 0.1) is 23.7 Å². The van der Waals surface area contributed by atoms with Crippen molar-refractivity contribution in [2.45, 2.75) is 6.92 Å². The van der Waals surface area contributed by atoms with Crippen molar-refractivity contribution in [2.24, 2.45) is 23.7 Å². The second-order valence-electron chi connectivity index (χ2n) is 7.28. The molecule has 2 aromatic rings. The van der Waals surface area contributed by atoms with Crippen LogP contribution < -0.4 is 4.90 Å². The van der Waals surface area contributed by atoms with E-state index in [1.54, 1.807) is 0 Å². The number of fused-ring (bicyclic) bond motifs is 5. The van der Waals surface area contributed by atoms with E-state index in [2.05, 4.69) is 31.2 Å². The van der Waals surface area contributed by atoms with Crippen molar-refractivity contribution in [3.05, 3.63) is 84.0 Å². The van der Waals surface area contributed by atoms with Gasteiger partial charge in [0, 0.05) is 11.8 Å². The fourth-order valence-electron chi connectivity index (χ4n) is 4.95. The van der Waals surface area contributed by atoms with Gasteiger partial charge in [0.1, 0.15) is 0 Å². The number of rotatable bonds is 2. The molecular weight excluding hydrogens is 322 g/mol. The zero-order valence-corrected chi connectivity index (χ0v) is 14.5. The fraction of sp³-hybridized carbons (Fsp3) is 0.217. The standard InChI is InChI=1S/C23H19NO2/c1-14(15-8-4-2-5-9-15)19-17-12-13-18(19)21-20(17)22(25)24(23(21)26)16-10-6-3-7-11-16/h2-13,17-18,20-21H,1H3/t17-,18-,20-,21+/m1/s1. The molecule has 3 heteroatoms. The summed E-state index contributed by atoms with van der Waals surface area (Å²) in [5.74, 6) is -0.550. The lowest BCUT2D eigenvalue weighted by Gasteiger charge is -2.20. The quantitative estimate of drug-likeness (QED) is 0.610. The van der Waals surface area contributed by atoms with Gasteiger partial charge in [-0.15, -0.1) is 0 Å². The summed E-state index contributed by atoms with van der Waals surface area (Å²) < 4.78 is 0. The summed E-state index contributed by atoms with van der Waals surface area (Å²) in [7, 11) is 0. The van der Waals surface area contributed by atoms with E-state index in [1.165, 1.54) is 21.6 Å². The number of hydrogen-bond acceptors (Lipinski definition) is 2. The van der Waals surface area contributed by atoms with Gasteiger partial charge in [0.15, 0.2) is 0 Å². The number of imide groups is 1. The molecule has 26 heavy (non-hydrogen) atoms. The van der Waals surface area contributed by atoms with E-state index in [-0.39, 0.29) is 35.5 Å². The van der Waals surface area contributed by atoms with Crippen molar-refractivity contribution in [1.29, 1.82) is 0 Å². The fourth-order valence-corrected chi connectivity index (χ4v) is 4.95. The number of carbonyl (C=O) groups excluding carboxylic acids is 2. The minimum Gasteiger partial charge on any atom is -0.274 e. The van der Waals surface area contributed by atoms with Crippen LogP contribution in [0.1, 0.15) is 12.5 Å². The Bertz CT molecular complexity index is 924. The SMILES string of the molecule is CC(=C1[C@H]2C=C[C@H]1[C@H]1C(=O)N(c3ccccc3)C(=O)[C@H]12)c1ccccc1. The van der Waals surface area contributed by atoms with Gasteiger partial charge in [0.2, 0.25) is 11.8 Å². The normalized spacial score (nSPS) is 30.9. The van der Waals surface area contributed by atoms with Gasteiger partial charge in [-0.2, -0.15) is 0 Å². The summed E-state index contributed by atoms with van der Waals surface area (Å²) in [6.07, 6.45) is 4.26. The highest BCUT2D eigenvalue weighted by atomic mass is 16.2. The van der Waals surface area contributed by atoms with Gasteiger partial charge in [-0.3, -0.25) is 9.59 Å². The van der Waals surface area contributed by atoms with Crippen LogP contribution in [-0.2, 0) is 9.59 Å². The van der Waals surface area contributed by atoms with Gasteiger partial charge in [0.25, 0.3) is 0 Å². The second-order valence-corrected chi connectivity index (χ2v) is 7.28. The van der Waals surface area contributed by atoms with Gasteiger partial charge >= 0.3 is 0 Å². The number of para-hydroxylation sites is 1. The summed E-state index contributed by atoms with van der Waals surface area (Å²) in [5, 5.41) is 0. The molecule has 0 spiro atoms. The van der Waals surface area contributed by atoms with E-state index in [0.717, 1.165) is 0 Å². The maximum Gasteiger partial charge on any atom is 0.238 e. The van der Waals surface area contributed by atoms with Crippen molar-refractivity contribution in [3.63, 3.8) is 0 Å². The Morgan fingerprint density at radius 2 is 1.27 bits per heavy atom. The molecule has 5 rings (SSSR count). The highest BCUT2D eigenvalue weighted by Crippen LogP contribution is 2.58. The van der Waals surface area contributed by atoms with Gasteiger partial charge in [-0.1, -0.05) is 66.3 Å². The summed E-state index contributed by atoms with van der Waals surface area (Å²) in [4.78, 5) is 27.7. The Morgan fingerprint density at radius 1 is 0.769 bits per heavy atom. The van der Waals surface area contributed by atoms with Crippen molar-refractivity contribution < 1.29 is 9.59 Å². The molecule has 1 saturated heterocycles. The predicted molar refractivity (Wildman–Crippen MR) is 101 cm³/mol. The average molecular weight is 341 g/mol. The number of anilines is 1. The van der Waals surface area contributed by atoms with Crippen LogP contribution in [0.4, 0.5) is 5.69 Å². The summed E-state index contributed by atoms with van der Waals surface area (Å²) >= 11 is 0. The Morgan fingerprint density at radius 3 is 1.81 bits per heavy atom. The van der Waals surface area contributed by atoms with Gasteiger partial charge in [0.05, 0.1) is 17.5 Å². The first kappa shape index (κ1) is 15.3. The van der Waals surface area contributed by atoms with Crippen LogP contribution in [0.15, 0.2) is 78.4 Å². The Hall–Kier alpha value is -2.94. The third-order valence-electron chi connectivity index (χ3n) is 6.07. The van der Waals surface area contributed by atoms with Crippen LogP contribution in [0.25, 0.3) is 5.57 Å². The average Bonchev–Trinajstić information content (AvgIpc) is 3.32. The zero-order chi connectivity index (χ0) is 17.8. The summed E-state index contributed by atoms with van der Waals surface area (Å²) in [6.45, 7) is 2.11. The Labute approximate surface area is 152 Å². The molecule has 128 valence electrons. The van der Waals surface area contributed by atoms with Gasteiger partial charge in [-0.25, -0.2) is 4.90 Å². The number of carbonyl (C=O) groups is 2. The molecule has 0 radical (unpaired) electrons. The third-order valence-corrected chi connectivity index (χ3v) is 6.07. The van der Waals surface area contributed by atoms with Gasteiger partial charge in [-0.05, 0) is 30.2 Å². The van der Waals surface area contributed by atoms with Crippen LogP contribution in [0.2, 0.25) is 0 Å². The Balaban J connectivity index is 1.57. The molecule has 1 heterocycles.